The Balaban J connectivity index is 2.15. The number of thioether (sulfide) groups is 1. The van der Waals surface area contributed by atoms with Crippen LogP contribution in [-0.2, 0) is 9.53 Å². The third-order valence-electron chi connectivity index (χ3n) is 3.07. The molecule has 21 heavy (non-hydrogen) atoms. The van der Waals surface area contributed by atoms with Gasteiger partial charge in [0.05, 0.1) is 18.2 Å². The molecule has 3 aromatic rings. The Morgan fingerprint density at radius 1 is 1.38 bits per heavy atom. The van der Waals surface area contributed by atoms with Gasteiger partial charge in [-0.05, 0) is 25.5 Å². The van der Waals surface area contributed by atoms with Crippen molar-refractivity contribution in [2.24, 2.45) is 0 Å². The number of hydrogen-bond donors (Lipinski definition) is 0. The van der Waals surface area contributed by atoms with Crippen molar-refractivity contribution in [3.05, 3.63) is 23.7 Å². The topological polar surface area (TPSA) is 78.1 Å². The van der Waals surface area contributed by atoms with Gasteiger partial charge in [0.15, 0.2) is 5.58 Å². The number of carbonyl (C=O) groups excluding carboxylic acids is 1. The fourth-order valence-electron chi connectivity index (χ4n) is 2.18. The van der Waals surface area contributed by atoms with Crippen LogP contribution in [-0.4, -0.2) is 33.8 Å². The first-order valence-corrected chi connectivity index (χ1v) is 7.29. The SMILES string of the molecule is COC(=O)CSc1ncnc2c1oc1nc(C)cc(C)c12. The van der Waals surface area contributed by atoms with Crippen molar-refractivity contribution >= 4 is 39.9 Å². The molecule has 7 heteroatoms. The van der Waals surface area contributed by atoms with E-state index in [4.69, 9.17) is 4.42 Å². The number of carbonyl (C=O) groups is 1. The van der Waals surface area contributed by atoms with Crippen LogP contribution < -0.4 is 0 Å². The number of furan rings is 1. The number of methoxy groups -OCH3 is 1. The maximum Gasteiger partial charge on any atom is 0.316 e. The predicted octanol–water partition coefficient (Wildman–Crippen LogP) is 2.65. The summed E-state index contributed by atoms with van der Waals surface area (Å²) in [6.07, 6.45) is 1.47. The van der Waals surface area contributed by atoms with Gasteiger partial charge in [0.2, 0.25) is 5.71 Å². The minimum absolute atomic E-state index is 0.172. The summed E-state index contributed by atoms with van der Waals surface area (Å²) in [5, 5.41) is 1.50. The van der Waals surface area contributed by atoms with Gasteiger partial charge in [0.1, 0.15) is 16.9 Å². The van der Waals surface area contributed by atoms with Crippen LogP contribution in [0.2, 0.25) is 0 Å². The molecule has 0 radical (unpaired) electrons. The minimum Gasteiger partial charge on any atom is -0.468 e. The molecule has 0 spiro atoms. The maximum atomic E-state index is 11.3. The van der Waals surface area contributed by atoms with Crippen LogP contribution in [0.4, 0.5) is 0 Å². The van der Waals surface area contributed by atoms with E-state index in [1.165, 1.54) is 25.2 Å². The van der Waals surface area contributed by atoms with Crippen LogP contribution in [0.5, 0.6) is 0 Å². The fourth-order valence-corrected chi connectivity index (χ4v) is 2.94. The van der Waals surface area contributed by atoms with Gasteiger partial charge in [-0.25, -0.2) is 15.0 Å². The summed E-state index contributed by atoms with van der Waals surface area (Å²) in [7, 11) is 1.36. The molecule has 3 aromatic heterocycles. The van der Waals surface area contributed by atoms with Crippen molar-refractivity contribution in [2.45, 2.75) is 18.9 Å². The number of esters is 1. The minimum atomic E-state index is -0.312. The molecule has 108 valence electrons. The standard InChI is InChI=1S/C14H13N3O3S/c1-7-4-8(2)17-13-10(7)11-12(20-13)14(16-6-15-11)21-5-9(18)19-3/h4,6H,5H2,1-3H3. The van der Waals surface area contributed by atoms with E-state index in [1.54, 1.807) is 0 Å². The normalized spacial score (nSPS) is 11.2. The Morgan fingerprint density at radius 3 is 2.95 bits per heavy atom. The second kappa shape index (κ2) is 5.33. The van der Waals surface area contributed by atoms with E-state index in [2.05, 4.69) is 19.7 Å². The van der Waals surface area contributed by atoms with E-state index >= 15 is 0 Å². The highest BCUT2D eigenvalue weighted by molar-refractivity contribution is 8.00. The molecule has 0 fully saturated rings. The first kappa shape index (κ1) is 13.8. The van der Waals surface area contributed by atoms with Crippen molar-refractivity contribution in [2.75, 3.05) is 12.9 Å². The zero-order valence-corrected chi connectivity index (χ0v) is 12.7. The van der Waals surface area contributed by atoms with Gasteiger partial charge in [0, 0.05) is 5.69 Å². The molecular weight excluding hydrogens is 290 g/mol. The molecule has 0 atom stereocenters. The number of aryl methyl sites for hydroxylation is 2. The zero-order chi connectivity index (χ0) is 15.0. The average molecular weight is 303 g/mol. The Morgan fingerprint density at radius 2 is 2.19 bits per heavy atom. The number of ether oxygens (including phenoxy) is 1. The lowest BCUT2D eigenvalue weighted by atomic mass is 10.1. The van der Waals surface area contributed by atoms with Crippen LogP contribution in [0.25, 0.3) is 22.2 Å². The van der Waals surface area contributed by atoms with E-state index < -0.39 is 0 Å². The first-order chi connectivity index (χ1) is 10.1. The summed E-state index contributed by atoms with van der Waals surface area (Å²) in [5.74, 6) is -0.140. The number of hydrogen-bond acceptors (Lipinski definition) is 7. The summed E-state index contributed by atoms with van der Waals surface area (Å²) in [5.41, 5.74) is 3.76. The highest BCUT2D eigenvalue weighted by Crippen LogP contribution is 2.33. The van der Waals surface area contributed by atoms with Gasteiger partial charge in [-0.1, -0.05) is 11.8 Å². The number of rotatable bonds is 3. The molecule has 3 heterocycles. The Bertz CT molecular complexity index is 844. The number of nitrogens with zero attached hydrogens (tertiary/aromatic N) is 3. The van der Waals surface area contributed by atoms with Crippen molar-refractivity contribution in [1.29, 1.82) is 0 Å². The molecule has 0 amide bonds. The van der Waals surface area contributed by atoms with Crippen LogP contribution in [0.3, 0.4) is 0 Å². The average Bonchev–Trinajstić information content (AvgIpc) is 2.83. The molecule has 0 aliphatic carbocycles. The van der Waals surface area contributed by atoms with Crippen molar-refractivity contribution in [3.63, 3.8) is 0 Å². The van der Waals surface area contributed by atoms with E-state index in [9.17, 15) is 4.79 Å². The van der Waals surface area contributed by atoms with Crippen molar-refractivity contribution in [1.82, 2.24) is 15.0 Å². The van der Waals surface area contributed by atoms with E-state index in [0.717, 1.165) is 22.2 Å². The van der Waals surface area contributed by atoms with Gasteiger partial charge in [-0.15, -0.1) is 0 Å². The summed E-state index contributed by atoms with van der Waals surface area (Å²) >= 11 is 1.26. The highest BCUT2D eigenvalue weighted by atomic mass is 32.2. The molecule has 0 saturated heterocycles. The molecule has 0 bridgehead atoms. The van der Waals surface area contributed by atoms with Gasteiger partial charge in [-0.2, -0.15) is 0 Å². The van der Waals surface area contributed by atoms with E-state index in [-0.39, 0.29) is 11.7 Å². The number of pyridine rings is 1. The molecule has 3 rings (SSSR count). The zero-order valence-electron chi connectivity index (χ0n) is 11.8. The van der Waals surface area contributed by atoms with Crippen molar-refractivity contribution in [3.8, 4) is 0 Å². The monoisotopic (exact) mass is 303 g/mol. The molecule has 0 saturated carbocycles. The molecule has 0 aromatic carbocycles. The van der Waals surface area contributed by atoms with Gasteiger partial charge in [0.25, 0.3) is 0 Å². The van der Waals surface area contributed by atoms with Crippen LogP contribution in [0, 0.1) is 13.8 Å². The molecule has 0 N–H and O–H groups in total. The summed E-state index contributed by atoms with van der Waals surface area (Å²) in [4.78, 5) is 24.1. The summed E-state index contributed by atoms with van der Waals surface area (Å²) in [6.45, 7) is 3.91. The molecule has 0 aliphatic rings. The summed E-state index contributed by atoms with van der Waals surface area (Å²) in [6, 6.07) is 1.99. The second-order valence-electron chi connectivity index (χ2n) is 4.58. The predicted molar refractivity (Wildman–Crippen MR) is 79.3 cm³/mol. The lowest BCUT2D eigenvalue weighted by molar-refractivity contribution is -0.137. The Labute approximate surface area is 124 Å². The molecule has 6 nitrogen and oxygen atoms in total. The molecule has 0 aliphatic heterocycles. The Hall–Kier alpha value is -2.15. The highest BCUT2D eigenvalue weighted by Gasteiger charge is 2.17. The van der Waals surface area contributed by atoms with Gasteiger partial charge >= 0.3 is 5.97 Å². The van der Waals surface area contributed by atoms with E-state index in [1.807, 2.05) is 19.9 Å². The van der Waals surface area contributed by atoms with Crippen LogP contribution in [0.1, 0.15) is 11.3 Å². The molecule has 0 unspecified atom stereocenters. The third kappa shape index (κ3) is 2.44. The van der Waals surface area contributed by atoms with Crippen LogP contribution in [0.15, 0.2) is 21.8 Å². The molecular formula is C14H13N3O3S. The van der Waals surface area contributed by atoms with Crippen LogP contribution >= 0.6 is 11.8 Å². The lowest BCUT2D eigenvalue weighted by Crippen LogP contribution is -2.03. The van der Waals surface area contributed by atoms with Crippen molar-refractivity contribution < 1.29 is 13.9 Å². The lowest BCUT2D eigenvalue weighted by Gasteiger charge is -1.99. The third-order valence-corrected chi connectivity index (χ3v) is 4.02. The second-order valence-corrected chi connectivity index (χ2v) is 5.55. The number of fused-ring (bicyclic) bond motifs is 3. The fraction of sp³-hybridized carbons (Fsp3) is 0.286. The van der Waals surface area contributed by atoms with Gasteiger partial charge in [-0.3, -0.25) is 4.79 Å². The largest absolute Gasteiger partial charge is 0.468 e. The first-order valence-electron chi connectivity index (χ1n) is 6.31. The Kier molecular flexibility index (Phi) is 3.50. The maximum absolute atomic E-state index is 11.3. The van der Waals surface area contributed by atoms with E-state index in [0.29, 0.717) is 16.3 Å². The van der Waals surface area contributed by atoms with Gasteiger partial charge < -0.3 is 9.15 Å². The smallest absolute Gasteiger partial charge is 0.316 e. The summed E-state index contributed by atoms with van der Waals surface area (Å²) < 4.78 is 10.4. The number of aromatic nitrogens is 3. The quantitative estimate of drug-likeness (QED) is 0.418.